The first kappa shape index (κ1) is 19.3. The maximum atomic E-state index is 13.1. The average molecular weight is 426 g/mol. The molecule has 2 aromatic carbocycles. The lowest BCUT2D eigenvalue weighted by Gasteiger charge is -2.10. The van der Waals surface area contributed by atoms with Crippen molar-refractivity contribution in [1.82, 2.24) is 9.36 Å². The quantitative estimate of drug-likeness (QED) is 0.584. The Balaban J connectivity index is 1.78. The van der Waals surface area contributed by atoms with Crippen molar-refractivity contribution in [2.75, 3.05) is 4.90 Å². The van der Waals surface area contributed by atoms with Gasteiger partial charge in [0.05, 0.1) is 16.3 Å². The van der Waals surface area contributed by atoms with Crippen molar-refractivity contribution >= 4 is 46.3 Å². The van der Waals surface area contributed by atoms with Crippen molar-refractivity contribution < 1.29 is 9.59 Å². The van der Waals surface area contributed by atoms with E-state index in [1.54, 1.807) is 61.1 Å². The van der Waals surface area contributed by atoms with Gasteiger partial charge in [0, 0.05) is 12.1 Å². The van der Waals surface area contributed by atoms with Crippen LogP contribution in [0.1, 0.15) is 11.3 Å². The number of nitrogens with zero attached hydrogens (tertiary/aromatic N) is 3. The molecule has 4 rings (SSSR count). The summed E-state index contributed by atoms with van der Waals surface area (Å²) in [5, 5.41) is 0.0813. The molecular formula is C21H16ClN3O3S. The number of aromatic nitrogens is 2. The molecule has 146 valence electrons. The Morgan fingerprint density at radius 3 is 2.28 bits per heavy atom. The topological polar surface area (TPSA) is 64.3 Å². The van der Waals surface area contributed by atoms with Crippen LogP contribution in [0.2, 0.25) is 5.02 Å². The molecular weight excluding hydrogens is 410 g/mol. The van der Waals surface area contributed by atoms with Gasteiger partial charge in [0.15, 0.2) is 0 Å². The molecule has 0 saturated carbocycles. The van der Waals surface area contributed by atoms with Gasteiger partial charge in [-0.1, -0.05) is 41.9 Å². The number of amides is 2. The van der Waals surface area contributed by atoms with Gasteiger partial charge in [-0.2, -0.15) is 0 Å². The van der Waals surface area contributed by atoms with Gasteiger partial charge in [0.25, 0.3) is 16.7 Å². The van der Waals surface area contributed by atoms with Gasteiger partial charge in [0.1, 0.15) is 5.69 Å². The second-order valence-electron chi connectivity index (χ2n) is 6.48. The number of hydrogen-bond donors (Lipinski definition) is 0. The number of benzene rings is 2. The molecule has 0 N–H and O–H groups in total. The molecule has 0 radical (unpaired) electrons. The molecule has 1 saturated heterocycles. The number of carbonyl (C=O) groups is 2. The van der Waals surface area contributed by atoms with E-state index in [-0.39, 0.29) is 10.6 Å². The van der Waals surface area contributed by atoms with E-state index in [1.165, 1.54) is 4.68 Å². The lowest BCUT2D eigenvalue weighted by atomic mass is 10.2. The summed E-state index contributed by atoms with van der Waals surface area (Å²) in [6, 6.07) is 16.0. The normalized spacial score (nSPS) is 15.6. The van der Waals surface area contributed by atoms with E-state index < -0.39 is 16.7 Å². The SMILES string of the molecule is Cc1c(N2C(=O)SC(=Cc3ccc(Cl)cc3)C2=O)c(=O)n(-c2ccccc2)n1C. The lowest BCUT2D eigenvalue weighted by molar-refractivity contribution is -0.113. The van der Waals surface area contributed by atoms with Crippen LogP contribution < -0.4 is 10.5 Å². The molecule has 1 aromatic heterocycles. The number of para-hydroxylation sites is 1. The Labute approximate surface area is 176 Å². The number of carbonyl (C=O) groups excluding carboxylic acids is 2. The highest BCUT2D eigenvalue weighted by atomic mass is 35.5. The second-order valence-corrected chi connectivity index (χ2v) is 7.91. The standard InChI is InChI=1S/C21H16ClN3O3S/c1-13-18(20(27)25(23(13)2)16-6-4-3-5-7-16)24-19(26)17(29-21(24)28)12-14-8-10-15(22)11-9-14/h3-12H,1-2H3. The van der Waals surface area contributed by atoms with Crippen LogP contribution in [0.3, 0.4) is 0 Å². The van der Waals surface area contributed by atoms with Gasteiger partial charge >= 0.3 is 0 Å². The Hall–Kier alpha value is -3.03. The summed E-state index contributed by atoms with van der Waals surface area (Å²) in [4.78, 5) is 40.0. The molecule has 1 aliphatic heterocycles. The van der Waals surface area contributed by atoms with Crippen LogP contribution in [-0.2, 0) is 11.8 Å². The number of rotatable bonds is 3. The Morgan fingerprint density at radius 2 is 1.62 bits per heavy atom. The number of hydrogen-bond acceptors (Lipinski definition) is 4. The Morgan fingerprint density at radius 1 is 0.966 bits per heavy atom. The first-order valence-electron chi connectivity index (χ1n) is 8.76. The maximum Gasteiger partial charge on any atom is 0.298 e. The zero-order chi connectivity index (χ0) is 20.7. The summed E-state index contributed by atoms with van der Waals surface area (Å²) in [6.07, 6.45) is 1.62. The smallest absolute Gasteiger partial charge is 0.283 e. The predicted octanol–water partition coefficient (Wildman–Crippen LogP) is 4.38. The molecule has 3 aromatic rings. The molecule has 29 heavy (non-hydrogen) atoms. The van der Waals surface area contributed by atoms with Crippen molar-refractivity contribution in [3.8, 4) is 5.69 Å². The minimum Gasteiger partial charge on any atom is -0.283 e. The zero-order valence-electron chi connectivity index (χ0n) is 15.6. The van der Waals surface area contributed by atoms with Gasteiger partial charge in [-0.15, -0.1) is 0 Å². The van der Waals surface area contributed by atoms with E-state index in [9.17, 15) is 14.4 Å². The molecule has 0 bridgehead atoms. The molecule has 1 fully saturated rings. The van der Waals surface area contributed by atoms with Gasteiger partial charge in [0.2, 0.25) is 0 Å². The van der Waals surface area contributed by atoms with Gasteiger partial charge in [-0.3, -0.25) is 19.1 Å². The Bertz CT molecular complexity index is 1210. The first-order valence-corrected chi connectivity index (χ1v) is 9.95. The summed E-state index contributed by atoms with van der Waals surface area (Å²) >= 11 is 6.70. The van der Waals surface area contributed by atoms with Crippen LogP contribution in [0.5, 0.6) is 0 Å². The van der Waals surface area contributed by atoms with Crippen molar-refractivity contribution in [3.05, 3.63) is 86.1 Å². The third kappa shape index (κ3) is 3.32. The Kier molecular flexibility index (Phi) is 4.94. The zero-order valence-corrected chi connectivity index (χ0v) is 17.2. The van der Waals surface area contributed by atoms with Gasteiger partial charge in [-0.05, 0) is 54.6 Å². The third-order valence-electron chi connectivity index (χ3n) is 4.71. The predicted molar refractivity (Wildman–Crippen MR) is 116 cm³/mol. The molecule has 8 heteroatoms. The minimum atomic E-state index is -0.513. The molecule has 0 aliphatic carbocycles. The summed E-state index contributed by atoms with van der Waals surface area (Å²) in [6.45, 7) is 1.71. The molecule has 2 heterocycles. The van der Waals surface area contributed by atoms with Crippen LogP contribution in [0, 0.1) is 6.92 Å². The lowest BCUT2D eigenvalue weighted by Crippen LogP contribution is -2.33. The van der Waals surface area contributed by atoms with Crippen LogP contribution in [0.4, 0.5) is 10.5 Å². The summed E-state index contributed by atoms with van der Waals surface area (Å²) in [5.74, 6) is -0.513. The fourth-order valence-electron chi connectivity index (χ4n) is 3.18. The fourth-order valence-corrected chi connectivity index (χ4v) is 4.14. The average Bonchev–Trinajstić information content (AvgIpc) is 3.10. The van der Waals surface area contributed by atoms with E-state index in [4.69, 9.17) is 11.6 Å². The van der Waals surface area contributed by atoms with Crippen LogP contribution >= 0.6 is 23.4 Å². The highest BCUT2D eigenvalue weighted by molar-refractivity contribution is 8.19. The van der Waals surface area contributed by atoms with E-state index in [0.717, 1.165) is 22.2 Å². The van der Waals surface area contributed by atoms with Crippen LogP contribution in [-0.4, -0.2) is 20.5 Å². The molecule has 0 atom stereocenters. The van der Waals surface area contributed by atoms with Crippen molar-refractivity contribution in [2.24, 2.45) is 7.05 Å². The van der Waals surface area contributed by atoms with Gasteiger partial charge < -0.3 is 0 Å². The number of imide groups is 1. The van der Waals surface area contributed by atoms with Gasteiger partial charge in [-0.25, -0.2) is 9.58 Å². The second kappa shape index (κ2) is 7.42. The van der Waals surface area contributed by atoms with Crippen LogP contribution in [0.15, 0.2) is 64.3 Å². The number of anilines is 1. The van der Waals surface area contributed by atoms with Crippen molar-refractivity contribution in [3.63, 3.8) is 0 Å². The molecule has 6 nitrogen and oxygen atoms in total. The maximum absolute atomic E-state index is 13.1. The number of halogens is 1. The largest absolute Gasteiger partial charge is 0.298 e. The molecule has 2 amide bonds. The molecule has 0 unspecified atom stereocenters. The minimum absolute atomic E-state index is 0.0679. The fraction of sp³-hybridized carbons (Fsp3) is 0.0952. The highest BCUT2D eigenvalue weighted by Gasteiger charge is 2.40. The molecule has 1 aliphatic rings. The van der Waals surface area contributed by atoms with E-state index in [2.05, 4.69) is 0 Å². The first-order chi connectivity index (χ1) is 13.9. The van der Waals surface area contributed by atoms with Crippen molar-refractivity contribution in [1.29, 1.82) is 0 Å². The summed E-state index contributed by atoms with van der Waals surface area (Å²) < 4.78 is 3.08. The monoisotopic (exact) mass is 425 g/mol. The highest BCUT2D eigenvalue weighted by Crippen LogP contribution is 2.36. The van der Waals surface area contributed by atoms with E-state index in [0.29, 0.717) is 16.4 Å². The summed E-state index contributed by atoms with van der Waals surface area (Å²) in [7, 11) is 1.72. The third-order valence-corrected chi connectivity index (χ3v) is 5.83. The number of thioether (sulfide) groups is 1. The van der Waals surface area contributed by atoms with E-state index >= 15 is 0 Å². The van der Waals surface area contributed by atoms with Crippen molar-refractivity contribution in [2.45, 2.75) is 6.92 Å². The summed E-state index contributed by atoms with van der Waals surface area (Å²) in [5.41, 5.74) is 1.56. The van der Waals surface area contributed by atoms with Crippen LogP contribution in [0.25, 0.3) is 11.8 Å². The van der Waals surface area contributed by atoms with E-state index in [1.807, 2.05) is 18.2 Å². The molecule has 0 spiro atoms.